The lowest BCUT2D eigenvalue weighted by molar-refractivity contribution is 0.332. The Balaban J connectivity index is 0.993. The Kier molecular flexibility index (Phi) is 11.2. The highest BCUT2D eigenvalue weighted by atomic mass is 32.1. The molecule has 6 heteroatoms. The van der Waals surface area contributed by atoms with E-state index in [0.717, 1.165) is 58.1 Å². The second-order valence-electron chi connectivity index (χ2n) is 25.8. The molecule has 0 fully saturated rings. The van der Waals surface area contributed by atoms with Crippen LogP contribution in [0, 0.1) is 0 Å². The van der Waals surface area contributed by atoms with E-state index in [-0.39, 0.29) is 16.2 Å². The summed E-state index contributed by atoms with van der Waals surface area (Å²) in [6, 6.07) is 74.7. The van der Waals surface area contributed by atoms with Gasteiger partial charge in [0.25, 0.3) is 0 Å². The summed E-state index contributed by atoms with van der Waals surface area (Å²) in [5.74, 6) is 0. The summed E-state index contributed by atoms with van der Waals surface area (Å²) >= 11 is 3.80. The summed E-state index contributed by atoms with van der Waals surface area (Å²) in [5.41, 5.74) is 22.9. The molecule has 0 bridgehead atoms. The van der Waals surface area contributed by atoms with Crippen LogP contribution >= 0.6 is 22.7 Å². The number of hydrogen-bond donors (Lipinski definition) is 1. The van der Waals surface area contributed by atoms with Gasteiger partial charge in [-0.3, -0.25) is 0 Å². The Morgan fingerprint density at radius 3 is 2.06 bits per heavy atom. The van der Waals surface area contributed by atoms with E-state index in [1.54, 1.807) is 0 Å². The minimum atomic E-state index is 0.00739. The van der Waals surface area contributed by atoms with Crippen LogP contribution in [0.15, 0.2) is 205 Å². The van der Waals surface area contributed by atoms with Gasteiger partial charge >= 0.3 is 0 Å². The molecule has 1 aliphatic carbocycles. The van der Waals surface area contributed by atoms with Crippen LogP contribution in [0.5, 0.6) is 0 Å². The SMILES string of the molecule is CC(C)(C)c1ccc(Nc2cc3sc4cc(C/C(=C/c5ccccc5)c5ccccc5)ccc4c3cc2-c2c3c4c(c5cc6c(cc5n4-c4c(sc5ccc(-c7ccccc7)cc45)[B]3)C(C)(C)CCC6(C)C)c3oc4ccccc4c23)cc1. The lowest BCUT2D eigenvalue weighted by Crippen LogP contribution is -2.35. The first-order valence-electron chi connectivity index (χ1n) is 29.4. The zero-order chi connectivity index (χ0) is 56.1. The lowest BCUT2D eigenvalue weighted by Gasteiger charge is -2.42. The Labute approximate surface area is 493 Å². The molecule has 1 aliphatic heterocycles. The molecule has 2 aliphatic rings. The van der Waals surface area contributed by atoms with Crippen LogP contribution in [0.3, 0.4) is 0 Å². The number of para-hydroxylation sites is 1. The van der Waals surface area contributed by atoms with E-state index in [1.165, 1.54) is 124 Å². The summed E-state index contributed by atoms with van der Waals surface area (Å²) < 4.78 is 15.2. The molecule has 0 amide bonds. The highest BCUT2D eigenvalue weighted by Crippen LogP contribution is 2.53. The number of furan rings is 1. The van der Waals surface area contributed by atoms with Crippen molar-refractivity contribution in [2.75, 3.05) is 5.32 Å². The number of nitrogens with one attached hydrogen (secondary N) is 1. The molecule has 0 saturated heterocycles. The van der Waals surface area contributed by atoms with Gasteiger partial charge in [-0.1, -0.05) is 194 Å². The van der Waals surface area contributed by atoms with Crippen molar-refractivity contribution in [3.8, 4) is 27.9 Å². The van der Waals surface area contributed by atoms with Gasteiger partial charge in [0.1, 0.15) is 11.2 Å². The molecule has 5 heterocycles. The van der Waals surface area contributed by atoms with Crippen molar-refractivity contribution in [1.29, 1.82) is 0 Å². The number of benzene rings is 10. The van der Waals surface area contributed by atoms with E-state index in [4.69, 9.17) is 4.42 Å². The third-order valence-electron chi connectivity index (χ3n) is 18.5. The Hall–Kier alpha value is -8.42. The fourth-order valence-corrected chi connectivity index (χ4v) is 16.2. The summed E-state index contributed by atoms with van der Waals surface area (Å²) in [6.07, 6.45) is 5.44. The predicted molar refractivity (Wildman–Crippen MR) is 360 cm³/mol. The topological polar surface area (TPSA) is 30.1 Å². The molecule has 0 atom stereocenters. The van der Waals surface area contributed by atoms with Crippen molar-refractivity contribution in [1.82, 2.24) is 4.57 Å². The van der Waals surface area contributed by atoms with Gasteiger partial charge in [-0.2, -0.15) is 0 Å². The fraction of sp³-hybridized carbons (Fsp3) is 0.169. The summed E-state index contributed by atoms with van der Waals surface area (Å²) in [4.78, 5) is 0. The Morgan fingerprint density at radius 1 is 0.602 bits per heavy atom. The zero-order valence-electron chi connectivity index (χ0n) is 48.0. The average Bonchev–Trinajstić information content (AvgIpc) is 1.61. The van der Waals surface area contributed by atoms with E-state index >= 15 is 0 Å². The van der Waals surface area contributed by atoms with Gasteiger partial charge in [0.05, 0.1) is 22.1 Å². The first-order chi connectivity index (χ1) is 40.2. The third-order valence-corrected chi connectivity index (χ3v) is 20.7. The summed E-state index contributed by atoms with van der Waals surface area (Å²) in [5, 5.41) is 12.6. The summed E-state index contributed by atoms with van der Waals surface area (Å²) in [6.45, 7) is 16.7. The van der Waals surface area contributed by atoms with Crippen molar-refractivity contribution in [2.45, 2.75) is 84.0 Å². The quantitative estimate of drug-likeness (QED) is 0.121. The van der Waals surface area contributed by atoms with Crippen LogP contribution < -0.4 is 15.6 Å². The number of aromatic nitrogens is 1. The van der Waals surface area contributed by atoms with Crippen LogP contribution in [0.25, 0.3) is 114 Å². The molecular formula is C77H62BN2OS2. The number of nitrogens with zero attached hydrogens (tertiary/aromatic N) is 1. The molecule has 14 aromatic rings. The molecule has 0 spiro atoms. The van der Waals surface area contributed by atoms with Gasteiger partial charge in [0, 0.05) is 63.4 Å². The maximum absolute atomic E-state index is 7.46. The van der Waals surface area contributed by atoms with E-state index in [2.05, 4.69) is 272 Å². The van der Waals surface area contributed by atoms with Crippen LogP contribution in [0.2, 0.25) is 0 Å². The van der Waals surface area contributed by atoms with Gasteiger partial charge in [-0.05, 0) is 162 Å². The smallest absolute Gasteiger partial charge is 0.211 e. The van der Waals surface area contributed by atoms with Crippen LogP contribution in [-0.2, 0) is 22.7 Å². The van der Waals surface area contributed by atoms with Crippen LogP contribution in [-0.4, -0.2) is 11.8 Å². The molecule has 1 N–H and O–H groups in total. The van der Waals surface area contributed by atoms with Crippen molar-refractivity contribution in [2.24, 2.45) is 0 Å². The van der Waals surface area contributed by atoms with E-state index in [9.17, 15) is 0 Å². The van der Waals surface area contributed by atoms with Gasteiger partial charge in [-0.25, -0.2) is 0 Å². The first kappa shape index (κ1) is 50.3. The number of rotatable bonds is 8. The predicted octanol–water partition coefficient (Wildman–Crippen LogP) is 20.7. The lowest BCUT2D eigenvalue weighted by atomic mass is 9.62. The van der Waals surface area contributed by atoms with Crippen molar-refractivity contribution in [3.05, 3.63) is 234 Å². The van der Waals surface area contributed by atoms with Crippen molar-refractivity contribution in [3.63, 3.8) is 0 Å². The van der Waals surface area contributed by atoms with E-state index < -0.39 is 0 Å². The largest absolute Gasteiger partial charge is 0.455 e. The highest BCUT2D eigenvalue weighted by Gasteiger charge is 2.40. The first-order valence-corrected chi connectivity index (χ1v) is 31.0. The molecular weight excluding hydrogens is 1040 g/mol. The van der Waals surface area contributed by atoms with Crippen molar-refractivity contribution < 1.29 is 4.42 Å². The molecule has 3 nitrogen and oxygen atoms in total. The summed E-state index contributed by atoms with van der Waals surface area (Å²) in [7, 11) is 2.55. The molecule has 16 rings (SSSR count). The second-order valence-corrected chi connectivity index (χ2v) is 27.9. The molecule has 4 aromatic heterocycles. The molecule has 10 aromatic carbocycles. The normalized spacial score (nSPS) is 14.8. The fourth-order valence-electron chi connectivity index (χ4n) is 13.9. The molecule has 0 unspecified atom stereocenters. The number of anilines is 2. The van der Waals surface area contributed by atoms with Gasteiger partial charge < -0.3 is 14.3 Å². The van der Waals surface area contributed by atoms with E-state index in [1.807, 2.05) is 22.7 Å². The number of thiophene rings is 2. The van der Waals surface area contributed by atoms with Gasteiger partial charge in [0.15, 0.2) is 0 Å². The van der Waals surface area contributed by atoms with Crippen LogP contribution in [0.1, 0.15) is 94.7 Å². The van der Waals surface area contributed by atoms with Gasteiger partial charge in [0.2, 0.25) is 7.28 Å². The van der Waals surface area contributed by atoms with Crippen molar-refractivity contribution >= 4 is 137 Å². The molecule has 1 radical (unpaired) electrons. The third kappa shape index (κ3) is 8.11. The maximum Gasteiger partial charge on any atom is 0.211 e. The number of allylic oxidation sites excluding steroid dienone is 1. The molecule has 83 heavy (non-hydrogen) atoms. The monoisotopic (exact) mass is 1110 g/mol. The minimum absolute atomic E-state index is 0.00739. The highest BCUT2D eigenvalue weighted by molar-refractivity contribution is 7.29. The standard InChI is InChI=1S/C77H62BN2OS2/c1-75(2,3)51-29-31-52(32-30-51)79-61-44-66-55(53-33-27-46(39-65(53)82-66)38-50(48-23-15-10-16-24-48)37-45-19-11-8-12-20-45)41-56(61)67-68-54-25-17-18-26-63(54)81-73(68)69-57-42-59-60(77(6,7)36-35-76(59,4)5)43-62(57)80-71-58-40-49(47-21-13-9-14-22-47)28-34-64(58)83-74(71)78-70(67)72(69)80/h8-34,37,39-44,79H,35-36,38H2,1-7H3/b50-37-. The second kappa shape index (κ2) is 18.5. The number of hydrogen-bond acceptors (Lipinski definition) is 4. The maximum atomic E-state index is 7.46. The Bertz CT molecular complexity index is 5010. The zero-order valence-corrected chi connectivity index (χ0v) is 49.6. The minimum Gasteiger partial charge on any atom is -0.455 e. The molecule has 0 saturated carbocycles. The van der Waals surface area contributed by atoms with E-state index in [0.29, 0.717) is 0 Å². The number of fused-ring (bicyclic) bond motifs is 15. The Morgan fingerprint density at radius 2 is 1.30 bits per heavy atom. The molecule has 401 valence electrons. The van der Waals surface area contributed by atoms with Gasteiger partial charge in [-0.15, -0.1) is 22.7 Å². The average molecular weight is 1110 g/mol. The van der Waals surface area contributed by atoms with Crippen LogP contribution in [0.4, 0.5) is 11.4 Å².